The van der Waals surface area contributed by atoms with Crippen molar-refractivity contribution < 1.29 is 10.6 Å². The van der Waals surface area contributed by atoms with Crippen LogP contribution >= 0.6 is 0 Å². The zero-order valence-corrected chi connectivity index (χ0v) is 9.29. The average molecular weight is 194 g/mol. The minimum atomic E-state index is 0.422. The maximum Gasteiger partial charge on any atom is 0.160 e. The van der Waals surface area contributed by atoms with E-state index in [1.54, 1.807) is 4.90 Å². The van der Waals surface area contributed by atoms with E-state index in [9.17, 15) is 0 Å². The molecule has 0 unspecified atom stereocenters. The summed E-state index contributed by atoms with van der Waals surface area (Å²) in [6.45, 7) is 7.98. The van der Waals surface area contributed by atoms with Gasteiger partial charge in [-0.2, -0.15) is 0 Å². The normalized spacial score (nSPS) is 13.1. The van der Waals surface area contributed by atoms with Gasteiger partial charge in [-0.05, 0) is 13.8 Å². The quantitative estimate of drug-likeness (QED) is 0.656. The number of nitrogens with one attached hydrogen (secondary N) is 1. The van der Waals surface area contributed by atoms with Crippen LogP contribution in [0.5, 0.6) is 0 Å². The van der Waals surface area contributed by atoms with Gasteiger partial charge in [0.25, 0.3) is 0 Å². The summed E-state index contributed by atoms with van der Waals surface area (Å²) in [5.74, 6) is 0. The van der Waals surface area contributed by atoms with Gasteiger partial charge >= 0.3 is 0 Å². The lowest BCUT2D eigenvalue weighted by atomic mass is 10.1. The molecule has 0 saturated heterocycles. The monoisotopic (exact) mass is 194 g/mol. The van der Waals surface area contributed by atoms with Gasteiger partial charge in [-0.25, -0.2) is 0 Å². The Bertz CT molecular complexity index is 242. The summed E-state index contributed by atoms with van der Waals surface area (Å²) < 4.78 is 0. The van der Waals surface area contributed by atoms with E-state index >= 15 is 0 Å². The number of quaternary nitrogens is 2. The van der Waals surface area contributed by atoms with Crippen molar-refractivity contribution in [3.05, 3.63) is 35.9 Å². The Kier molecular flexibility index (Phi) is 4.63. The molecule has 0 aliphatic rings. The van der Waals surface area contributed by atoms with Gasteiger partial charge in [-0.1, -0.05) is 30.3 Å². The van der Waals surface area contributed by atoms with Crippen molar-refractivity contribution in [2.24, 2.45) is 0 Å². The second-order valence-electron chi connectivity index (χ2n) is 3.77. The Labute approximate surface area is 86.7 Å². The molecule has 1 atom stereocenters. The molecule has 1 aromatic rings. The van der Waals surface area contributed by atoms with E-state index in [2.05, 4.69) is 49.9 Å². The topological polar surface area (TPSA) is 32.1 Å². The first-order chi connectivity index (χ1) is 6.77. The Balaban J connectivity index is 2.54. The molecule has 0 bridgehead atoms. The number of hydrogen-bond acceptors (Lipinski definition) is 0. The third-order valence-corrected chi connectivity index (χ3v) is 2.81. The summed E-state index contributed by atoms with van der Waals surface area (Å²) in [5.41, 5.74) is 5.58. The van der Waals surface area contributed by atoms with Crippen molar-refractivity contribution in [1.82, 2.24) is 0 Å². The third-order valence-electron chi connectivity index (χ3n) is 2.81. The molecule has 0 aromatic heterocycles. The maximum atomic E-state index is 4.22. The molecular formula is C12H22N2+2. The first-order valence-corrected chi connectivity index (χ1v) is 5.49. The van der Waals surface area contributed by atoms with E-state index in [0.717, 1.165) is 6.54 Å². The van der Waals surface area contributed by atoms with Gasteiger partial charge in [0.2, 0.25) is 0 Å². The van der Waals surface area contributed by atoms with Crippen molar-refractivity contribution in [2.45, 2.75) is 19.9 Å². The van der Waals surface area contributed by atoms with Gasteiger partial charge in [-0.15, -0.1) is 0 Å². The molecule has 4 N–H and O–H groups in total. The van der Waals surface area contributed by atoms with Crippen molar-refractivity contribution in [2.75, 3.05) is 19.6 Å². The molecule has 1 rings (SSSR count). The summed E-state index contributed by atoms with van der Waals surface area (Å²) in [6, 6.07) is 11.0. The highest BCUT2D eigenvalue weighted by atomic mass is 15.1. The molecule has 0 amide bonds. The van der Waals surface area contributed by atoms with Gasteiger partial charge in [0.1, 0.15) is 6.54 Å². The number of hydrogen-bond donors (Lipinski definition) is 2. The molecule has 2 nitrogen and oxygen atoms in total. The van der Waals surface area contributed by atoms with E-state index in [1.807, 2.05) is 0 Å². The fourth-order valence-corrected chi connectivity index (χ4v) is 1.73. The zero-order chi connectivity index (χ0) is 10.4. The summed E-state index contributed by atoms with van der Waals surface area (Å²) in [4.78, 5) is 1.62. The van der Waals surface area contributed by atoms with E-state index < -0.39 is 0 Å². The fourth-order valence-electron chi connectivity index (χ4n) is 1.73. The van der Waals surface area contributed by atoms with Gasteiger partial charge in [0.05, 0.1) is 13.1 Å². The summed E-state index contributed by atoms with van der Waals surface area (Å²) in [7, 11) is 0. The van der Waals surface area contributed by atoms with Crippen LogP contribution in [-0.4, -0.2) is 19.6 Å². The molecule has 0 saturated carbocycles. The Morgan fingerprint density at radius 2 is 1.71 bits per heavy atom. The number of rotatable bonds is 5. The Hall–Kier alpha value is -0.860. The maximum absolute atomic E-state index is 4.22. The second-order valence-corrected chi connectivity index (χ2v) is 3.77. The number of benzene rings is 1. The van der Waals surface area contributed by atoms with Gasteiger partial charge in [0.15, 0.2) is 6.04 Å². The highest BCUT2D eigenvalue weighted by molar-refractivity contribution is 5.16. The van der Waals surface area contributed by atoms with Crippen LogP contribution in [0, 0.1) is 0 Å². The molecule has 0 aliphatic carbocycles. The molecule has 2 heteroatoms. The third kappa shape index (κ3) is 3.13. The Morgan fingerprint density at radius 3 is 2.21 bits per heavy atom. The SMILES string of the molecule is CC[NH+](CC)C[C@H]([NH3+])c1ccccc1. The molecule has 0 radical (unpaired) electrons. The first-order valence-electron chi connectivity index (χ1n) is 5.49. The zero-order valence-electron chi connectivity index (χ0n) is 9.29. The fraction of sp³-hybridized carbons (Fsp3) is 0.500. The molecule has 0 heterocycles. The molecule has 14 heavy (non-hydrogen) atoms. The summed E-state index contributed by atoms with van der Waals surface area (Å²) >= 11 is 0. The predicted octanol–water partition coefficient (Wildman–Crippen LogP) is -0.106. The van der Waals surface area contributed by atoms with E-state index in [-0.39, 0.29) is 0 Å². The van der Waals surface area contributed by atoms with E-state index in [0.29, 0.717) is 6.04 Å². The van der Waals surface area contributed by atoms with Crippen LogP contribution in [-0.2, 0) is 0 Å². The lowest BCUT2D eigenvalue weighted by Crippen LogP contribution is -3.12. The smallest absolute Gasteiger partial charge is 0.160 e. The van der Waals surface area contributed by atoms with E-state index in [4.69, 9.17) is 0 Å². The van der Waals surface area contributed by atoms with Crippen molar-refractivity contribution >= 4 is 0 Å². The molecule has 1 aromatic carbocycles. The minimum absolute atomic E-state index is 0.422. The van der Waals surface area contributed by atoms with Crippen molar-refractivity contribution in [3.8, 4) is 0 Å². The molecule has 0 aliphatic heterocycles. The molecular weight excluding hydrogens is 172 g/mol. The molecule has 78 valence electrons. The molecule has 0 fully saturated rings. The van der Waals surface area contributed by atoms with Crippen LogP contribution in [0.4, 0.5) is 0 Å². The van der Waals surface area contributed by atoms with Crippen LogP contribution in [0.25, 0.3) is 0 Å². The van der Waals surface area contributed by atoms with Crippen molar-refractivity contribution in [1.29, 1.82) is 0 Å². The summed E-state index contributed by atoms with van der Waals surface area (Å²) in [6.07, 6.45) is 0. The predicted molar refractivity (Wildman–Crippen MR) is 59.0 cm³/mol. The highest BCUT2D eigenvalue weighted by Crippen LogP contribution is 2.04. The van der Waals surface area contributed by atoms with Crippen molar-refractivity contribution in [3.63, 3.8) is 0 Å². The van der Waals surface area contributed by atoms with Crippen LogP contribution in [0.3, 0.4) is 0 Å². The largest absolute Gasteiger partial charge is 0.347 e. The van der Waals surface area contributed by atoms with Crippen LogP contribution in [0.15, 0.2) is 30.3 Å². The van der Waals surface area contributed by atoms with Gasteiger partial charge < -0.3 is 10.6 Å². The van der Waals surface area contributed by atoms with Gasteiger partial charge in [-0.3, -0.25) is 0 Å². The standard InChI is InChI=1S/C12H20N2/c1-3-14(4-2)10-12(13)11-8-6-5-7-9-11/h5-9,12H,3-4,10,13H2,1-2H3/p+2/t12-/m0/s1. The minimum Gasteiger partial charge on any atom is -0.347 e. The van der Waals surface area contributed by atoms with E-state index in [1.165, 1.54) is 18.7 Å². The lowest BCUT2D eigenvalue weighted by Gasteiger charge is -2.17. The average Bonchev–Trinajstić information content (AvgIpc) is 2.26. The first kappa shape index (κ1) is 11.2. The van der Waals surface area contributed by atoms with Gasteiger partial charge in [0, 0.05) is 5.56 Å². The number of likely N-dealkylation sites (N-methyl/N-ethyl adjacent to an activating group) is 1. The van der Waals surface area contributed by atoms with Crippen LogP contribution in [0.2, 0.25) is 0 Å². The summed E-state index contributed by atoms with van der Waals surface area (Å²) in [5, 5.41) is 0. The second kappa shape index (κ2) is 5.78. The molecule has 0 spiro atoms. The van der Waals surface area contributed by atoms with Crippen LogP contribution < -0.4 is 10.6 Å². The highest BCUT2D eigenvalue weighted by Gasteiger charge is 2.14. The lowest BCUT2D eigenvalue weighted by molar-refractivity contribution is -0.907. The Morgan fingerprint density at radius 1 is 1.14 bits per heavy atom. The van der Waals surface area contributed by atoms with Crippen LogP contribution in [0.1, 0.15) is 25.5 Å².